The Morgan fingerprint density at radius 2 is 1.89 bits per heavy atom. The second-order valence-corrected chi connectivity index (χ2v) is 8.64. The molecule has 0 aromatic heterocycles. The largest absolute Gasteiger partial charge is 0.354 e. The lowest BCUT2D eigenvalue weighted by molar-refractivity contribution is -0.133. The predicted molar refractivity (Wildman–Crippen MR) is 99.1 cm³/mol. The molecule has 8 nitrogen and oxygen atoms in total. The highest BCUT2D eigenvalue weighted by molar-refractivity contribution is 7.94. The van der Waals surface area contributed by atoms with Gasteiger partial charge in [0.05, 0.1) is 17.9 Å². The van der Waals surface area contributed by atoms with Crippen LogP contribution in [0, 0.1) is 11.7 Å². The molecule has 0 atom stereocenters. The van der Waals surface area contributed by atoms with Crippen molar-refractivity contribution in [3.8, 4) is 0 Å². The zero-order valence-corrected chi connectivity index (χ0v) is 16.1. The van der Waals surface area contributed by atoms with Crippen molar-refractivity contribution in [2.45, 2.75) is 19.8 Å². The second kappa shape index (κ2) is 7.34. The topological polar surface area (TPSA) is 90.0 Å². The molecule has 0 aliphatic carbocycles. The fraction of sp³-hybridized carbons (Fsp3) is 0.529. The molecule has 2 aliphatic heterocycles. The van der Waals surface area contributed by atoms with Gasteiger partial charge in [0.2, 0.25) is 11.8 Å². The zero-order valence-electron chi connectivity index (χ0n) is 15.3. The van der Waals surface area contributed by atoms with Crippen molar-refractivity contribution < 1.29 is 22.4 Å². The van der Waals surface area contributed by atoms with Crippen LogP contribution >= 0.6 is 0 Å². The number of rotatable bonds is 4. The van der Waals surface area contributed by atoms with Crippen LogP contribution in [0.1, 0.15) is 19.8 Å². The van der Waals surface area contributed by atoms with Crippen molar-refractivity contribution in [2.75, 3.05) is 41.8 Å². The second-order valence-electron chi connectivity index (χ2n) is 6.75. The molecule has 148 valence electrons. The summed E-state index contributed by atoms with van der Waals surface area (Å²) in [6.45, 7) is 2.74. The number of amides is 2. The number of carbonyl (C=O) groups excluding carboxylic acids is 2. The maximum Gasteiger partial charge on any atom is 0.326 e. The number of piperidine rings is 1. The van der Waals surface area contributed by atoms with Crippen molar-refractivity contribution >= 4 is 33.4 Å². The molecule has 0 bridgehead atoms. The molecular weight excluding hydrogens is 375 g/mol. The van der Waals surface area contributed by atoms with Crippen LogP contribution in [0.4, 0.5) is 15.8 Å². The van der Waals surface area contributed by atoms with Crippen molar-refractivity contribution in [3.05, 3.63) is 24.0 Å². The summed E-state index contributed by atoms with van der Waals surface area (Å²) in [7, 11) is -2.37. The molecular formula is C17H23FN4O4S. The molecule has 2 aliphatic rings. The van der Waals surface area contributed by atoms with Gasteiger partial charge in [-0.3, -0.25) is 13.9 Å². The van der Waals surface area contributed by atoms with Gasteiger partial charge in [0.1, 0.15) is 5.82 Å². The first-order valence-corrected chi connectivity index (χ1v) is 10.2. The van der Waals surface area contributed by atoms with E-state index in [9.17, 15) is 22.4 Å². The number of hydrogen-bond acceptors (Lipinski definition) is 4. The Balaban J connectivity index is 1.58. The van der Waals surface area contributed by atoms with Crippen LogP contribution in [0.15, 0.2) is 18.2 Å². The number of nitrogens with one attached hydrogen (secondary N) is 1. The van der Waals surface area contributed by atoms with E-state index in [0.717, 1.165) is 8.61 Å². The van der Waals surface area contributed by atoms with E-state index in [0.29, 0.717) is 31.6 Å². The number of benzene rings is 1. The van der Waals surface area contributed by atoms with E-state index in [1.54, 1.807) is 4.90 Å². The average molecular weight is 398 g/mol. The fourth-order valence-electron chi connectivity index (χ4n) is 3.48. The van der Waals surface area contributed by atoms with Crippen LogP contribution in [0.2, 0.25) is 0 Å². The average Bonchev–Trinajstić information content (AvgIpc) is 2.81. The van der Waals surface area contributed by atoms with Gasteiger partial charge >= 0.3 is 10.2 Å². The summed E-state index contributed by atoms with van der Waals surface area (Å²) in [5.74, 6) is -0.862. The molecule has 1 aromatic rings. The third-order valence-electron chi connectivity index (χ3n) is 5.10. The monoisotopic (exact) mass is 398 g/mol. The van der Waals surface area contributed by atoms with E-state index in [-0.39, 0.29) is 36.5 Å². The summed E-state index contributed by atoms with van der Waals surface area (Å²) in [4.78, 5) is 25.4. The molecule has 0 radical (unpaired) electrons. The van der Waals surface area contributed by atoms with Crippen LogP contribution < -0.4 is 13.9 Å². The van der Waals surface area contributed by atoms with Crippen LogP contribution in [0.5, 0.6) is 0 Å². The number of nitrogens with zero attached hydrogens (tertiary/aromatic N) is 3. The van der Waals surface area contributed by atoms with Crippen molar-refractivity contribution in [2.24, 2.45) is 5.92 Å². The molecule has 1 N–H and O–H groups in total. The standard InChI is InChI=1S/C17H23FN4O4S/c1-12(23)21-8-5-13(6-9-21)17(24)19-7-10-22-16-11-14(18)3-4-15(16)20(2)27(22,25)26/h3-4,11,13H,5-10H2,1-2H3,(H,19,24). The van der Waals surface area contributed by atoms with Crippen LogP contribution in [-0.4, -0.2) is 58.4 Å². The number of anilines is 2. The van der Waals surface area contributed by atoms with E-state index < -0.39 is 16.0 Å². The summed E-state index contributed by atoms with van der Waals surface area (Å²) in [5.41, 5.74) is 0.667. The Morgan fingerprint density at radius 1 is 1.22 bits per heavy atom. The minimum atomic E-state index is -3.78. The highest BCUT2D eigenvalue weighted by Gasteiger charge is 2.38. The summed E-state index contributed by atoms with van der Waals surface area (Å²) >= 11 is 0. The molecule has 0 unspecified atom stereocenters. The smallest absolute Gasteiger partial charge is 0.326 e. The van der Waals surface area contributed by atoms with Crippen LogP contribution in [0.25, 0.3) is 0 Å². The first-order chi connectivity index (χ1) is 12.7. The van der Waals surface area contributed by atoms with E-state index in [1.165, 1.54) is 32.2 Å². The lowest BCUT2D eigenvalue weighted by atomic mass is 9.96. The van der Waals surface area contributed by atoms with E-state index in [2.05, 4.69) is 5.32 Å². The Kier molecular flexibility index (Phi) is 5.27. The highest BCUT2D eigenvalue weighted by Crippen LogP contribution is 2.39. The van der Waals surface area contributed by atoms with Crippen molar-refractivity contribution in [1.82, 2.24) is 10.2 Å². The zero-order chi connectivity index (χ0) is 19.8. The number of fused-ring (bicyclic) bond motifs is 1. The molecule has 2 amide bonds. The van der Waals surface area contributed by atoms with Gasteiger partial charge in [-0.2, -0.15) is 8.42 Å². The van der Waals surface area contributed by atoms with Gasteiger partial charge in [0.25, 0.3) is 0 Å². The summed E-state index contributed by atoms with van der Waals surface area (Å²) in [6.07, 6.45) is 1.18. The fourth-order valence-corrected chi connectivity index (χ4v) is 4.89. The SMILES string of the molecule is CC(=O)N1CCC(C(=O)NCCN2c3cc(F)ccc3N(C)S2(=O)=O)CC1. The van der Waals surface area contributed by atoms with E-state index >= 15 is 0 Å². The number of halogens is 1. The lowest BCUT2D eigenvalue weighted by Crippen LogP contribution is -2.45. The maximum absolute atomic E-state index is 13.6. The molecule has 1 saturated heterocycles. The molecule has 0 spiro atoms. The molecule has 1 aromatic carbocycles. The summed E-state index contributed by atoms with van der Waals surface area (Å²) in [5, 5.41) is 2.76. The van der Waals surface area contributed by atoms with Gasteiger partial charge in [-0.05, 0) is 25.0 Å². The molecule has 10 heteroatoms. The molecule has 3 rings (SSSR count). The Hall–Kier alpha value is -2.36. The van der Waals surface area contributed by atoms with Gasteiger partial charge < -0.3 is 10.2 Å². The first-order valence-electron chi connectivity index (χ1n) is 8.81. The number of carbonyl (C=O) groups is 2. The van der Waals surface area contributed by atoms with Crippen LogP contribution in [0.3, 0.4) is 0 Å². The quantitative estimate of drug-likeness (QED) is 0.809. The summed E-state index contributed by atoms with van der Waals surface area (Å²) < 4.78 is 40.8. The molecule has 0 saturated carbocycles. The van der Waals surface area contributed by atoms with Gasteiger partial charge in [0.15, 0.2) is 0 Å². The van der Waals surface area contributed by atoms with Crippen molar-refractivity contribution in [3.63, 3.8) is 0 Å². The van der Waals surface area contributed by atoms with Gasteiger partial charge in [-0.1, -0.05) is 0 Å². The van der Waals surface area contributed by atoms with Crippen LogP contribution in [-0.2, 0) is 19.8 Å². The third kappa shape index (κ3) is 3.71. The maximum atomic E-state index is 13.6. The Labute approximate surface area is 158 Å². The first kappa shape index (κ1) is 19.4. The lowest BCUT2D eigenvalue weighted by Gasteiger charge is -2.30. The van der Waals surface area contributed by atoms with Gasteiger partial charge in [-0.25, -0.2) is 8.70 Å². The molecule has 2 heterocycles. The Bertz CT molecular complexity index is 852. The summed E-state index contributed by atoms with van der Waals surface area (Å²) in [6, 6.07) is 3.81. The van der Waals surface area contributed by atoms with E-state index in [4.69, 9.17) is 0 Å². The normalized spacial score (nSPS) is 19.1. The predicted octanol–water partition coefficient (Wildman–Crippen LogP) is 0.701. The number of hydrogen-bond donors (Lipinski definition) is 1. The minimum absolute atomic E-state index is 0.00288. The minimum Gasteiger partial charge on any atom is -0.354 e. The van der Waals surface area contributed by atoms with Crippen molar-refractivity contribution in [1.29, 1.82) is 0 Å². The Morgan fingerprint density at radius 3 is 2.52 bits per heavy atom. The van der Waals surface area contributed by atoms with Gasteiger partial charge in [0, 0.05) is 45.6 Å². The van der Waals surface area contributed by atoms with Gasteiger partial charge in [-0.15, -0.1) is 0 Å². The highest BCUT2D eigenvalue weighted by atomic mass is 32.2. The third-order valence-corrected chi connectivity index (χ3v) is 6.92. The van der Waals surface area contributed by atoms with E-state index in [1.807, 2.05) is 0 Å². The molecule has 1 fully saturated rings. The number of likely N-dealkylation sites (tertiary alicyclic amines) is 1. The molecule has 27 heavy (non-hydrogen) atoms.